The van der Waals surface area contributed by atoms with Gasteiger partial charge < -0.3 is 0 Å². The zero-order chi connectivity index (χ0) is 19.9. The van der Waals surface area contributed by atoms with E-state index in [4.69, 9.17) is 0 Å². The largest absolute Gasteiger partial charge is 0.160 e. The molecule has 144 valence electrons. The standard InChI is InChI=1S/C27H26PS/c1-2-29(27-21-13-6-14-22-27)23-28(24-15-7-3-8-16-24,25-17-9-4-10-18-25)26-19-11-5-12-20-26/h3-23H,2H2,1H3/q+1. The first-order chi connectivity index (χ1) is 14.3. The predicted octanol–water partition coefficient (Wildman–Crippen LogP) is 5.44. The molecule has 0 nitrogen and oxygen atoms in total. The predicted molar refractivity (Wildman–Crippen MR) is 134 cm³/mol. The summed E-state index contributed by atoms with van der Waals surface area (Å²) in [6.45, 7) is 0.404. The SMILES string of the molecule is CC[S+](C=P(c1ccccc1)(c1ccccc1)c1ccccc1)c1ccccc1. The number of benzene rings is 4. The van der Waals surface area contributed by atoms with Gasteiger partial charge in [-0.1, -0.05) is 109 Å². The van der Waals surface area contributed by atoms with Gasteiger partial charge >= 0.3 is 0 Å². The third-order valence-corrected chi connectivity index (χ3v) is 12.3. The second-order valence-corrected chi connectivity index (χ2v) is 12.6. The van der Waals surface area contributed by atoms with Crippen LogP contribution in [-0.2, 0) is 10.9 Å². The van der Waals surface area contributed by atoms with E-state index in [0.717, 1.165) is 5.75 Å². The van der Waals surface area contributed by atoms with Crippen molar-refractivity contribution in [3.8, 4) is 0 Å². The van der Waals surface area contributed by atoms with E-state index in [0.29, 0.717) is 0 Å². The molecule has 0 aliphatic carbocycles. The van der Waals surface area contributed by atoms with Crippen molar-refractivity contribution in [1.29, 1.82) is 0 Å². The smallest absolute Gasteiger partial charge is 0.0622 e. The number of hydrogen-bond donors (Lipinski definition) is 0. The van der Waals surface area contributed by atoms with Gasteiger partial charge in [-0.15, -0.1) is 0 Å². The van der Waals surface area contributed by atoms with Gasteiger partial charge in [-0.05, 0) is 35.0 Å². The molecule has 0 saturated heterocycles. The van der Waals surface area contributed by atoms with Gasteiger partial charge in [-0.2, -0.15) is 0 Å². The molecule has 4 aromatic rings. The monoisotopic (exact) mass is 413 g/mol. The molecule has 0 bridgehead atoms. The zero-order valence-electron chi connectivity index (χ0n) is 16.7. The van der Waals surface area contributed by atoms with Gasteiger partial charge in [0, 0.05) is 6.89 Å². The molecule has 0 N–H and O–H groups in total. The first-order valence-electron chi connectivity index (χ1n) is 10.0. The van der Waals surface area contributed by atoms with Gasteiger partial charge in [0.05, 0.1) is 10.9 Å². The Morgan fingerprint density at radius 3 is 1.24 bits per heavy atom. The molecular weight excluding hydrogens is 387 g/mol. The molecule has 0 spiro atoms. The molecule has 4 rings (SSSR count). The summed E-state index contributed by atoms with van der Waals surface area (Å²) in [6, 6.07) is 44.3. The molecule has 0 aliphatic rings. The summed E-state index contributed by atoms with van der Waals surface area (Å²) in [5.74, 6) is 1.11. The summed E-state index contributed by atoms with van der Waals surface area (Å²) in [4.78, 5) is 1.42. The average Bonchev–Trinajstić information content (AvgIpc) is 2.82. The lowest BCUT2D eigenvalue weighted by molar-refractivity contribution is 1.42. The quantitative estimate of drug-likeness (QED) is 0.292. The van der Waals surface area contributed by atoms with Crippen LogP contribution in [0.3, 0.4) is 0 Å². The van der Waals surface area contributed by atoms with Crippen molar-refractivity contribution in [3.05, 3.63) is 121 Å². The molecule has 29 heavy (non-hydrogen) atoms. The molecule has 0 radical (unpaired) electrons. The lowest BCUT2D eigenvalue weighted by Crippen LogP contribution is -2.29. The van der Waals surface area contributed by atoms with Crippen LogP contribution in [0.5, 0.6) is 0 Å². The Morgan fingerprint density at radius 1 is 0.552 bits per heavy atom. The Balaban J connectivity index is 2.08. The molecule has 4 aromatic carbocycles. The molecule has 0 saturated carbocycles. The first kappa shape index (κ1) is 19.8. The fourth-order valence-corrected chi connectivity index (χ4v) is 11.4. The first-order valence-corrected chi connectivity index (χ1v) is 13.3. The van der Waals surface area contributed by atoms with E-state index in [1.807, 2.05) is 0 Å². The fraction of sp³-hybridized carbons (Fsp3) is 0.0741. The van der Waals surface area contributed by atoms with Gasteiger partial charge in [0.15, 0.2) is 4.90 Å². The molecule has 0 amide bonds. The highest BCUT2D eigenvalue weighted by atomic mass is 32.2. The van der Waals surface area contributed by atoms with Crippen LogP contribution >= 0.6 is 6.89 Å². The third-order valence-electron chi connectivity index (χ3n) is 5.13. The topological polar surface area (TPSA) is 0 Å². The Morgan fingerprint density at radius 2 is 0.897 bits per heavy atom. The normalized spacial score (nSPS) is 12.3. The maximum absolute atomic E-state index is 2.70. The van der Waals surface area contributed by atoms with Crippen molar-refractivity contribution in [2.75, 3.05) is 5.75 Å². The van der Waals surface area contributed by atoms with Crippen LogP contribution in [0.15, 0.2) is 126 Å². The summed E-state index contributed by atoms with van der Waals surface area (Å²) in [5, 5.41) is 6.94. The molecule has 0 fully saturated rings. The van der Waals surface area contributed by atoms with Crippen molar-refractivity contribution in [3.63, 3.8) is 0 Å². The lowest BCUT2D eigenvalue weighted by atomic mass is 10.4. The van der Waals surface area contributed by atoms with E-state index in [2.05, 4.69) is 133 Å². The fourth-order valence-electron chi connectivity index (χ4n) is 3.71. The maximum Gasteiger partial charge on any atom is 0.160 e. The maximum atomic E-state index is 2.70. The molecular formula is C27H26PS+. The van der Waals surface area contributed by atoms with Crippen molar-refractivity contribution in [2.24, 2.45) is 0 Å². The molecule has 0 aliphatic heterocycles. The Kier molecular flexibility index (Phi) is 6.39. The summed E-state index contributed by atoms with van der Waals surface area (Å²) >= 11 is 0. The Labute approximate surface area is 177 Å². The summed E-state index contributed by atoms with van der Waals surface area (Å²) in [6.07, 6.45) is 0. The molecule has 0 aromatic heterocycles. The van der Waals surface area contributed by atoms with Crippen LogP contribution in [0.4, 0.5) is 0 Å². The van der Waals surface area contributed by atoms with E-state index in [1.165, 1.54) is 20.8 Å². The molecule has 1 atom stereocenters. The second kappa shape index (κ2) is 9.35. The molecule has 2 heteroatoms. The van der Waals surface area contributed by atoms with E-state index in [1.54, 1.807) is 0 Å². The van der Waals surface area contributed by atoms with Gasteiger partial charge in [-0.25, -0.2) is 0 Å². The summed E-state index contributed by atoms with van der Waals surface area (Å²) in [5.41, 5.74) is 0. The van der Waals surface area contributed by atoms with Gasteiger partial charge in [0.2, 0.25) is 0 Å². The Hall–Kier alpha value is -2.47. The van der Waals surface area contributed by atoms with Crippen molar-refractivity contribution < 1.29 is 0 Å². The van der Waals surface area contributed by atoms with Crippen LogP contribution in [-0.4, -0.2) is 10.9 Å². The number of hydrogen-bond acceptors (Lipinski definition) is 0. The van der Waals surface area contributed by atoms with Crippen LogP contribution in [0.2, 0.25) is 0 Å². The minimum absolute atomic E-state index is 0.0587. The minimum atomic E-state index is -1.90. The highest BCUT2D eigenvalue weighted by molar-refractivity contribution is 8.20. The van der Waals surface area contributed by atoms with Gasteiger partial charge in [0.1, 0.15) is 10.9 Å². The van der Waals surface area contributed by atoms with Crippen molar-refractivity contribution in [2.45, 2.75) is 11.8 Å². The average molecular weight is 414 g/mol. The van der Waals surface area contributed by atoms with Gasteiger partial charge in [0.25, 0.3) is 0 Å². The van der Waals surface area contributed by atoms with Crippen LogP contribution in [0.1, 0.15) is 6.92 Å². The van der Waals surface area contributed by atoms with Crippen LogP contribution < -0.4 is 15.9 Å². The summed E-state index contributed by atoms with van der Waals surface area (Å²) in [7, 11) is 0.0587. The van der Waals surface area contributed by atoms with Crippen molar-refractivity contribution >= 4 is 38.8 Å². The Bertz CT molecular complexity index is 971. The lowest BCUT2D eigenvalue weighted by Gasteiger charge is -2.27. The van der Waals surface area contributed by atoms with Crippen LogP contribution in [0.25, 0.3) is 0 Å². The number of rotatable bonds is 6. The molecule has 1 unspecified atom stereocenters. The molecule has 0 heterocycles. The van der Waals surface area contributed by atoms with E-state index in [9.17, 15) is 0 Å². The van der Waals surface area contributed by atoms with E-state index in [-0.39, 0.29) is 10.9 Å². The van der Waals surface area contributed by atoms with Crippen LogP contribution in [0, 0.1) is 0 Å². The highest BCUT2D eigenvalue weighted by Gasteiger charge is 2.31. The van der Waals surface area contributed by atoms with E-state index < -0.39 is 6.89 Å². The van der Waals surface area contributed by atoms with E-state index >= 15 is 0 Å². The van der Waals surface area contributed by atoms with Gasteiger partial charge in [-0.3, -0.25) is 0 Å². The minimum Gasteiger partial charge on any atom is -0.0622 e. The van der Waals surface area contributed by atoms with Crippen molar-refractivity contribution in [1.82, 2.24) is 0 Å². The third kappa shape index (κ3) is 4.13. The second-order valence-electron chi connectivity index (χ2n) is 6.87. The summed E-state index contributed by atoms with van der Waals surface area (Å²) < 4.78 is 0. The highest BCUT2D eigenvalue weighted by Crippen LogP contribution is 2.45. The zero-order valence-corrected chi connectivity index (χ0v) is 18.4.